The summed E-state index contributed by atoms with van der Waals surface area (Å²) in [6.45, 7) is 0.0560. The molecular weight excluding hydrogens is 209 g/mol. The molecular formula is C9H8F3N2O. The molecule has 0 unspecified atom stereocenters. The Morgan fingerprint density at radius 2 is 1.80 bits per heavy atom. The molecule has 15 heavy (non-hydrogen) atoms. The fraction of sp³-hybridized carbons (Fsp3) is 0.222. The molecule has 0 atom stereocenters. The van der Waals surface area contributed by atoms with Crippen molar-refractivity contribution in [2.24, 2.45) is 0 Å². The Kier molecular flexibility index (Phi) is 3.18. The van der Waals surface area contributed by atoms with Gasteiger partial charge in [-0.25, -0.2) is 10.5 Å². The van der Waals surface area contributed by atoms with Crippen LogP contribution in [0.3, 0.4) is 0 Å². The quantitative estimate of drug-likeness (QED) is 0.578. The van der Waals surface area contributed by atoms with E-state index in [1.165, 1.54) is 12.1 Å². The minimum Gasteiger partial charge on any atom is -0.333 e. The van der Waals surface area contributed by atoms with Gasteiger partial charge in [0.1, 0.15) is 0 Å². The third-order valence-electron chi connectivity index (χ3n) is 1.73. The van der Waals surface area contributed by atoms with Crippen molar-refractivity contribution in [3.05, 3.63) is 35.4 Å². The van der Waals surface area contributed by atoms with E-state index in [2.05, 4.69) is 5.32 Å². The van der Waals surface area contributed by atoms with Crippen LogP contribution in [0.4, 0.5) is 13.2 Å². The lowest BCUT2D eigenvalue weighted by Crippen LogP contribution is -2.19. The van der Waals surface area contributed by atoms with Crippen molar-refractivity contribution >= 4 is 6.02 Å². The van der Waals surface area contributed by atoms with Gasteiger partial charge in [-0.2, -0.15) is 13.2 Å². The highest BCUT2D eigenvalue weighted by atomic mass is 19.4. The number of benzene rings is 1. The predicted molar refractivity (Wildman–Crippen MR) is 46.7 cm³/mol. The third-order valence-corrected chi connectivity index (χ3v) is 1.73. The van der Waals surface area contributed by atoms with E-state index < -0.39 is 17.8 Å². The molecule has 2 N–H and O–H groups in total. The molecule has 0 aliphatic heterocycles. The molecule has 0 amide bonds. The van der Waals surface area contributed by atoms with E-state index in [4.69, 9.17) is 5.41 Å². The zero-order valence-corrected chi connectivity index (χ0v) is 7.56. The van der Waals surface area contributed by atoms with Crippen molar-refractivity contribution in [1.29, 1.82) is 5.41 Å². The number of hydrogen-bond donors (Lipinski definition) is 2. The van der Waals surface area contributed by atoms with Crippen LogP contribution in [-0.4, -0.2) is 6.02 Å². The zero-order chi connectivity index (χ0) is 11.5. The lowest BCUT2D eigenvalue weighted by atomic mass is 10.1. The Morgan fingerprint density at radius 1 is 1.27 bits per heavy atom. The molecule has 1 aromatic rings. The van der Waals surface area contributed by atoms with Gasteiger partial charge in [-0.05, 0) is 17.7 Å². The average Bonchev–Trinajstić information content (AvgIpc) is 2.14. The SMILES string of the molecule is N=C([O])NCc1ccc(C(F)(F)F)cc1. The number of hydrogen-bond acceptors (Lipinski definition) is 1. The average molecular weight is 217 g/mol. The smallest absolute Gasteiger partial charge is 0.333 e. The second-order valence-corrected chi connectivity index (χ2v) is 2.88. The van der Waals surface area contributed by atoms with Crippen molar-refractivity contribution < 1.29 is 18.3 Å². The van der Waals surface area contributed by atoms with Gasteiger partial charge in [0.25, 0.3) is 0 Å². The molecule has 3 nitrogen and oxygen atoms in total. The van der Waals surface area contributed by atoms with E-state index in [0.29, 0.717) is 5.56 Å². The first kappa shape index (κ1) is 11.4. The highest BCUT2D eigenvalue weighted by Crippen LogP contribution is 2.28. The zero-order valence-electron chi connectivity index (χ0n) is 7.56. The summed E-state index contributed by atoms with van der Waals surface area (Å²) in [6, 6.07) is 3.43. The molecule has 6 heteroatoms. The fourth-order valence-corrected chi connectivity index (χ4v) is 0.994. The summed E-state index contributed by atoms with van der Waals surface area (Å²) < 4.78 is 36.4. The maximum atomic E-state index is 12.1. The van der Waals surface area contributed by atoms with Crippen LogP contribution < -0.4 is 5.32 Å². The minimum atomic E-state index is -4.35. The van der Waals surface area contributed by atoms with Gasteiger partial charge in [0.05, 0.1) is 5.56 Å². The highest BCUT2D eigenvalue weighted by Gasteiger charge is 2.29. The van der Waals surface area contributed by atoms with E-state index in [1.54, 1.807) is 0 Å². The van der Waals surface area contributed by atoms with Gasteiger partial charge in [-0.1, -0.05) is 12.1 Å². The highest BCUT2D eigenvalue weighted by molar-refractivity contribution is 5.66. The van der Waals surface area contributed by atoms with Crippen molar-refractivity contribution in [2.45, 2.75) is 12.7 Å². The Hall–Kier alpha value is -1.72. The van der Waals surface area contributed by atoms with Crippen LogP contribution in [0.1, 0.15) is 11.1 Å². The van der Waals surface area contributed by atoms with Gasteiger partial charge in [0.2, 0.25) is 0 Å². The summed E-state index contributed by atoms with van der Waals surface area (Å²) in [7, 11) is 0. The number of halogens is 3. The normalized spacial score (nSPS) is 11.1. The van der Waals surface area contributed by atoms with E-state index in [1.807, 2.05) is 0 Å². The lowest BCUT2D eigenvalue weighted by molar-refractivity contribution is -0.137. The van der Waals surface area contributed by atoms with E-state index in [9.17, 15) is 18.3 Å². The van der Waals surface area contributed by atoms with E-state index >= 15 is 0 Å². The maximum absolute atomic E-state index is 12.1. The van der Waals surface area contributed by atoms with Crippen LogP contribution in [0, 0.1) is 5.41 Å². The lowest BCUT2D eigenvalue weighted by Gasteiger charge is -2.07. The summed E-state index contributed by atoms with van der Waals surface area (Å²) in [5, 5.41) is 18.9. The van der Waals surface area contributed by atoms with Crippen LogP contribution in [0.15, 0.2) is 24.3 Å². The molecule has 0 saturated carbocycles. The number of alkyl halides is 3. The molecule has 0 spiro atoms. The molecule has 1 rings (SSSR count). The van der Waals surface area contributed by atoms with Gasteiger partial charge in [0.15, 0.2) is 0 Å². The summed E-state index contributed by atoms with van der Waals surface area (Å²) in [5.74, 6) is 0. The van der Waals surface area contributed by atoms with E-state index in [0.717, 1.165) is 12.1 Å². The molecule has 0 fully saturated rings. The Bertz CT molecular complexity index is 345. The summed E-state index contributed by atoms with van der Waals surface area (Å²) >= 11 is 0. The Labute approximate surface area is 84.1 Å². The first-order chi connectivity index (χ1) is 6.89. The molecule has 81 valence electrons. The summed E-state index contributed by atoms with van der Waals surface area (Å²) in [6.07, 6.45) is -4.35. The molecule has 0 saturated heterocycles. The standard InChI is InChI=1S/C9H8F3N2O/c10-9(11,12)7-3-1-6(2-4-7)5-14-8(13)15/h1-4H,5H2,(H2,13,14). The largest absolute Gasteiger partial charge is 0.416 e. The van der Waals surface area contributed by atoms with Crippen molar-refractivity contribution in [2.75, 3.05) is 0 Å². The van der Waals surface area contributed by atoms with Crippen LogP contribution in [-0.2, 0) is 17.8 Å². The second kappa shape index (κ2) is 4.20. The van der Waals surface area contributed by atoms with Crippen molar-refractivity contribution in [3.8, 4) is 0 Å². The molecule has 0 aromatic heterocycles. The first-order valence-electron chi connectivity index (χ1n) is 4.05. The third kappa shape index (κ3) is 3.49. The van der Waals surface area contributed by atoms with Gasteiger partial charge < -0.3 is 5.32 Å². The molecule has 1 radical (unpaired) electrons. The van der Waals surface area contributed by atoms with Crippen LogP contribution in [0.2, 0.25) is 0 Å². The summed E-state index contributed by atoms with van der Waals surface area (Å²) in [4.78, 5) is 0. The molecule has 1 aromatic carbocycles. The topological polar surface area (TPSA) is 55.8 Å². The summed E-state index contributed by atoms with van der Waals surface area (Å²) in [5.41, 5.74) is -0.216. The second-order valence-electron chi connectivity index (χ2n) is 2.88. The number of nitrogens with one attached hydrogen (secondary N) is 2. The predicted octanol–water partition coefficient (Wildman–Crippen LogP) is 2.16. The molecule has 0 aliphatic rings. The van der Waals surface area contributed by atoms with Crippen molar-refractivity contribution in [3.63, 3.8) is 0 Å². The maximum Gasteiger partial charge on any atom is 0.416 e. The van der Waals surface area contributed by atoms with Gasteiger partial charge in [-0.15, -0.1) is 0 Å². The van der Waals surface area contributed by atoms with Crippen LogP contribution in [0.5, 0.6) is 0 Å². The van der Waals surface area contributed by atoms with Crippen LogP contribution in [0.25, 0.3) is 0 Å². The Balaban J connectivity index is 2.69. The monoisotopic (exact) mass is 217 g/mol. The minimum absolute atomic E-state index is 0.0560. The van der Waals surface area contributed by atoms with Gasteiger partial charge in [0, 0.05) is 6.54 Å². The molecule has 0 aliphatic carbocycles. The molecule has 0 bridgehead atoms. The fourth-order valence-electron chi connectivity index (χ4n) is 0.994. The molecule has 0 heterocycles. The number of amidine groups is 1. The van der Waals surface area contributed by atoms with Gasteiger partial charge in [-0.3, -0.25) is 0 Å². The first-order valence-corrected chi connectivity index (χ1v) is 4.05. The van der Waals surface area contributed by atoms with E-state index in [-0.39, 0.29) is 6.54 Å². The number of rotatable bonds is 2. The Morgan fingerprint density at radius 3 is 2.20 bits per heavy atom. The van der Waals surface area contributed by atoms with Gasteiger partial charge >= 0.3 is 12.2 Å². The van der Waals surface area contributed by atoms with Crippen molar-refractivity contribution in [1.82, 2.24) is 5.32 Å². The van der Waals surface area contributed by atoms with Crippen LogP contribution >= 0.6 is 0 Å².